The molecule has 2 saturated carbocycles. The van der Waals surface area contributed by atoms with Crippen LogP contribution in [0, 0.1) is 18.3 Å². The smallest absolute Gasteiger partial charge is 0.0582 e. The fourth-order valence-electron chi connectivity index (χ4n) is 3.76. The highest BCUT2D eigenvalue weighted by atomic mass is 16.3. The number of benzene rings is 1. The zero-order valence-corrected chi connectivity index (χ0v) is 10.3. The summed E-state index contributed by atoms with van der Waals surface area (Å²) in [6, 6.07) is 8.86. The third-order valence-electron chi connectivity index (χ3n) is 5.33. The lowest BCUT2D eigenvalue weighted by molar-refractivity contribution is 0.147. The molecule has 2 aliphatic carbocycles. The summed E-state index contributed by atoms with van der Waals surface area (Å²) < 4.78 is 0. The maximum absolute atomic E-state index is 10.1. The number of fused-ring (bicyclic) bond motifs is 1. The van der Waals surface area contributed by atoms with Gasteiger partial charge in [0.1, 0.15) is 0 Å². The van der Waals surface area contributed by atoms with Crippen molar-refractivity contribution in [2.45, 2.75) is 45.1 Å². The quantitative estimate of drug-likeness (QED) is 0.765. The van der Waals surface area contributed by atoms with Crippen molar-refractivity contribution in [1.82, 2.24) is 0 Å². The number of aliphatic hydroxyl groups excluding tert-OH is 1. The van der Waals surface area contributed by atoms with Crippen LogP contribution in [0.5, 0.6) is 0 Å². The second kappa shape index (κ2) is 2.89. The normalized spacial score (nSPS) is 45.5. The van der Waals surface area contributed by atoms with Gasteiger partial charge in [-0.05, 0) is 36.7 Å². The molecular weight excluding hydrogens is 196 g/mol. The molecular formula is C15H20O. The van der Waals surface area contributed by atoms with Crippen LogP contribution in [0.15, 0.2) is 24.3 Å². The summed E-state index contributed by atoms with van der Waals surface area (Å²) in [5.74, 6) is 0.541. The third-order valence-corrected chi connectivity index (χ3v) is 5.33. The van der Waals surface area contributed by atoms with Gasteiger partial charge in [0.25, 0.3) is 0 Å². The fraction of sp³-hybridized carbons (Fsp3) is 0.600. The standard InChI is InChI=1S/C15H20O/c1-10-4-6-11(7-5-10)14(2)9-13(16)12-8-15(12,14)3/h4-7,12-13,16H,8-9H2,1-3H3/t12-,13-,14-,15-/m0/s1. The van der Waals surface area contributed by atoms with Crippen LogP contribution in [0.3, 0.4) is 0 Å². The number of hydrogen-bond donors (Lipinski definition) is 1. The van der Waals surface area contributed by atoms with Gasteiger partial charge in [0.05, 0.1) is 6.10 Å². The molecule has 1 N–H and O–H groups in total. The SMILES string of the molecule is Cc1ccc([C@]2(C)C[C@H](O)[C@@H]3C[C@@]32C)cc1. The molecule has 2 fully saturated rings. The van der Waals surface area contributed by atoms with E-state index in [1.165, 1.54) is 17.5 Å². The molecule has 0 amide bonds. The van der Waals surface area contributed by atoms with E-state index in [9.17, 15) is 5.11 Å². The van der Waals surface area contributed by atoms with Crippen LogP contribution in [0.4, 0.5) is 0 Å². The van der Waals surface area contributed by atoms with E-state index in [0.29, 0.717) is 11.3 Å². The highest BCUT2D eigenvalue weighted by molar-refractivity contribution is 5.37. The predicted octanol–water partition coefficient (Wildman–Crippen LogP) is 3.04. The van der Waals surface area contributed by atoms with Crippen LogP contribution in [-0.4, -0.2) is 11.2 Å². The molecule has 4 atom stereocenters. The van der Waals surface area contributed by atoms with E-state index in [4.69, 9.17) is 0 Å². The van der Waals surface area contributed by atoms with Crippen LogP contribution in [0.25, 0.3) is 0 Å². The number of rotatable bonds is 1. The zero-order chi connectivity index (χ0) is 11.6. The summed E-state index contributed by atoms with van der Waals surface area (Å²) in [4.78, 5) is 0. The molecule has 3 rings (SSSR count). The van der Waals surface area contributed by atoms with Gasteiger partial charge in [0.15, 0.2) is 0 Å². The van der Waals surface area contributed by atoms with E-state index in [1.807, 2.05) is 0 Å². The Morgan fingerprint density at radius 1 is 1.12 bits per heavy atom. The van der Waals surface area contributed by atoms with Crippen LogP contribution in [0.1, 0.15) is 37.8 Å². The first-order valence-electron chi connectivity index (χ1n) is 6.23. The number of aliphatic hydroxyl groups is 1. The molecule has 1 heteroatoms. The van der Waals surface area contributed by atoms with Gasteiger partial charge in [-0.25, -0.2) is 0 Å². The van der Waals surface area contributed by atoms with Crippen molar-refractivity contribution < 1.29 is 5.11 Å². The van der Waals surface area contributed by atoms with E-state index >= 15 is 0 Å². The Hall–Kier alpha value is -0.820. The third kappa shape index (κ3) is 1.10. The van der Waals surface area contributed by atoms with E-state index in [0.717, 1.165) is 6.42 Å². The van der Waals surface area contributed by atoms with Crippen molar-refractivity contribution in [3.05, 3.63) is 35.4 Å². The Bertz CT molecular complexity index is 422. The van der Waals surface area contributed by atoms with Gasteiger partial charge in [-0.3, -0.25) is 0 Å². The van der Waals surface area contributed by atoms with Gasteiger partial charge in [-0.2, -0.15) is 0 Å². The summed E-state index contributed by atoms with van der Waals surface area (Å²) in [7, 11) is 0. The largest absolute Gasteiger partial charge is 0.393 e. The first-order chi connectivity index (χ1) is 7.47. The molecule has 16 heavy (non-hydrogen) atoms. The summed E-state index contributed by atoms with van der Waals surface area (Å²) in [5.41, 5.74) is 3.22. The van der Waals surface area contributed by atoms with E-state index in [1.54, 1.807) is 0 Å². The molecule has 0 heterocycles. The van der Waals surface area contributed by atoms with Gasteiger partial charge < -0.3 is 5.11 Å². The number of hydrogen-bond acceptors (Lipinski definition) is 1. The van der Waals surface area contributed by atoms with Crippen molar-refractivity contribution in [2.24, 2.45) is 11.3 Å². The first kappa shape index (κ1) is 10.3. The Morgan fingerprint density at radius 3 is 2.19 bits per heavy atom. The Kier molecular flexibility index (Phi) is 1.87. The second-order valence-corrected chi connectivity index (χ2v) is 6.20. The van der Waals surface area contributed by atoms with Crippen molar-refractivity contribution in [3.8, 4) is 0 Å². The van der Waals surface area contributed by atoms with Crippen LogP contribution in [-0.2, 0) is 5.41 Å². The Labute approximate surface area is 97.5 Å². The van der Waals surface area contributed by atoms with Gasteiger partial charge in [0.2, 0.25) is 0 Å². The molecule has 1 aromatic carbocycles. The summed E-state index contributed by atoms with van der Waals surface area (Å²) in [5, 5.41) is 10.1. The monoisotopic (exact) mass is 216 g/mol. The van der Waals surface area contributed by atoms with Crippen LogP contribution in [0.2, 0.25) is 0 Å². The molecule has 2 aliphatic rings. The molecule has 0 unspecified atom stereocenters. The molecule has 0 spiro atoms. The molecule has 1 aromatic rings. The Morgan fingerprint density at radius 2 is 1.75 bits per heavy atom. The average Bonchev–Trinajstić information content (AvgIpc) is 2.88. The topological polar surface area (TPSA) is 20.2 Å². The molecule has 1 nitrogen and oxygen atoms in total. The minimum Gasteiger partial charge on any atom is -0.393 e. The molecule has 0 radical (unpaired) electrons. The van der Waals surface area contributed by atoms with E-state index in [-0.39, 0.29) is 11.5 Å². The summed E-state index contributed by atoms with van der Waals surface area (Å²) in [6.45, 7) is 6.79. The Balaban J connectivity index is 2.03. The fourth-order valence-corrected chi connectivity index (χ4v) is 3.76. The van der Waals surface area contributed by atoms with Crippen LogP contribution < -0.4 is 0 Å². The lowest BCUT2D eigenvalue weighted by Crippen LogP contribution is -2.30. The summed E-state index contributed by atoms with van der Waals surface area (Å²) >= 11 is 0. The molecule has 0 saturated heterocycles. The van der Waals surface area contributed by atoms with Crippen molar-refractivity contribution >= 4 is 0 Å². The highest BCUT2D eigenvalue weighted by Crippen LogP contribution is 2.72. The molecule has 0 aliphatic heterocycles. The first-order valence-corrected chi connectivity index (χ1v) is 6.23. The highest BCUT2D eigenvalue weighted by Gasteiger charge is 2.69. The summed E-state index contributed by atoms with van der Waals surface area (Å²) in [6.07, 6.45) is 2.03. The number of aryl methyl sites for hydroxylation is 1. The maximum atomic E-state index is 10.1. The zero-order valence-electron chi connectivity index (χ0n) is 10.3. The minimum absolute atomic E-state index is 0.0868. The van der Waals surface area contributed by atoms with E-state index < -0.39 is 0 Å². The van der Waals surface area contributed by atoms with Crippen LogP contribution >= 0.6 is 0 Å². The van der Waals surface area contributed by atoms with Gasteiger partial charge in [-0.15, -0.1) is 0 Å². The molecule has 86 valence electrons. The van der Waals surface area contributed by atoms with Crippen molar-refractivity contribution in [1.29, 1.82) is 0 Å². The van der Waals surface area contributed by atoms with E-state index in [2.05, 4.69) is 45.0 Å². The van der Waals surface area contributed by atoms with Gasteiger partial charge in [-0.1, -0.05) is 43.7 Å². The average molecular weight is 216 g/mol. The lowest BCUT2D eigenvalue weighted by Gasteiger charge is -2.33. The molecule has 0 bridgehead atoms. The second-order valence-electron chi connectivity index (χ2n) is 6.20. The molecule has 0 aromatic heterocycles. The predicted molar refractivity (Wildman–Crippen MR) is 65.4 cm³/mol. The van der Waals surface area contributed by atoms with Gasteiger partial charge in [0, 0.05) is 5.41 Å². The minimum atomic E-state index is -0.0868. The van der Waals surface area contributed by atoms with Gasteiger partial charge >= 0.3 is 0 Å². The van der Waals surface area contributed by atoms with Crippen molar-refractivity contribution in [3.63, 3.8) is 0 Å². The maximum Gasteiger partial charge on any atom is 0.0582 e. The lowest BCUT2D eigenvalue weighted by atomic mass is 9.70. The van der Waals surface area contributed by atoms with Crippen molar-refractivity contribution in [2.75, 3.05) is 0 Å².